The molecule has 4 unspecified atom stereocenters. The van der Waals surface area contributed by atoms with Crippen LogP contribution in [0.4, 0.5) is 0 Å². The molecule has 0 amide bonds. The number of aliphatic hydroxyl groups excluding tert-OH is 1. The first kappa shape index (κ1) is 26.9. The van der Waals surface area contributed by atoms with E-state index < -0.39 is 11.2 Å². The third-order valence-electron chi connectivity index (χ3n) is 9.75. The lowest BCUT2D eigenvalue weighted by Gasteiger charge is -2.60. The highest BCUT2D eigenvalue weighted by molar-refractivity contribution is 5.87. The van der Waals surface area contributed by atoms with Crippen LogP contribution in [0.15, 0.2) is 24.3 Å². The van der Waals surface area contributed by atoms with Crippen molar-refractivity contribution < 1.29 is 34.0 Å². The highest BCUT2D eigenvalue weighted by Gasteiger charge is 2.61. The maximum absolute atomic E-state index is 11.9. The minimum atomic E-state index is -0.570. The fraction of sp³-hybridized carbons (Fsp3) is 0.800. The first-order valence-electron chi connectivity index (χ1n) is 14.1. The summed E-state index contributed by atoms with van der Waals surface area (Å²) in [5.41, 5.74) is -0.578. The zero-order valence-electron chi connectivity index (χ0n) is 22.6. The molecule has 0 aromatic rings. The lowest BCUT2D eigenvalue weighted by atomic mass is 9.52. The third kappa shape index (κ3) is 5.41. The number of hydrogen-bond donors (Lipinski definition) is 2. The molecule has 0 spiro atoms. The lowest BCUT2D eigenvalue weighted by molar-refractivity contribution is -0.233. The summed E-state index contributed by atoms with van der Waals surface area (Å²) in [5.74, 6) is 1.69. The largest absolute Gasteiger partial charge is 0.456 e. The van der Waals surface area contributed by atoms with Gasteiger partial charge in [-0.2, -0.15) is 0 Å². The summed E-state index contributed by atoms with van der Waals surface area (Å²) in [6.45, 7) is 11.1. The van der Waals surface area contributed by atoms with E-state index in [0.29, 0.717) is 47.8 Å². The molecule has 37 heavy (non-hydrogen) atoms. The first-order valence-corrected chi connectivity index (χ1v) is 14.1. The van der Waals surface area contributed by atoms with Gasteiger partial charge >= 0.3 is 11.9 Å². The SMILES string of the molecule is C=C(C)C(=O)OC12CC3CC(CC(O)(C3)C1)C2.C=C(C)C(=O)OC12CC3CC(CC(OCCO)(C3)C1)C2. The van der Waals surface area contributed by atoms with Crippen LogP contribution in [0.3, 0.4) is 0 Å². The second kappa shape index (κ2) is 9.49. The van der Waals surface area contributed by atoms with Crippen LogP contribution in [0.2, 0.25) is 0 Å². The molecule has 8 bridgehead atoms. The molecule has 4 atom stereocenters. The Labute approximate surface area is 220 Å². The van der Waals surface area contributed by atoms with Crippen LogP contribution in [0.5, 0.6) is 0 Å². The van der Waals surface area contributed by atoms with E-state index in [2.05, 4.69) is 13.2 Å². The number of aliphatic hydroxyl groups is 2. The standard InChI is InChI=1S/C16H24O4.C14H20O3/c1-11(2)14(18)20-16-8-12-5-13(9-16)7-15(6-12,10-16)19-4-3-17;1-9(2)12(15)17-14-6-10-3-11(7-14)5-13(16,4-10)8-14/h12-13,17H,1,3-10H2,2H3;10-11,16H,1,3-8H2,2H3. The Kier molecular flexibility index (Phi) is 6.90. The summed E-state index contributed by atoms with van der Waals surface area (Å²) in [4.78, 5) is 23.7. The van der Waals surface area contributed by atoms with Gasteiger partial charge in [0.2, 0.25) is 0 Å². The van der Waals surface area contributed by atoms with Gasteiger partial charge in [-0.1, -0.05) is 13.2 Å². The maximum Gasteiger partial charge on any atom is 0.333 e. The average Bonchev–Trinajstić information content (AvgIpc) is 2.74. The van der Waals surface area contributed by atoms with Crippen molar-refractivity contribution in [1.82, 2.24) is 0 Å². The predicted molar refractivity (Wildman–Crippen MR) is 137 cm³/mol. The highest BCUT2D eigenvalue weighted by atomic mass is 16.6. The summed E-state index contributed by atoms with van der Waals surface area (Å²) in [5, 5.41) is 19.5. The van der Waals surface area contributed by atoms with E-state index >= 15 is 0 Å². The second-order valence-electron chi connectivity index (χ2n) is 13.6. The van der Waals surface area contributed by atoms with Gasteiger partial charge in [-0.15, -0.1) is 0 Å². The van der Waals surface area contributed by atoms with E-state index in [-0.39, 0.29) is 29.7 Å². The van der Waals surface area contributed by atoms with E-state index in [1.807, 2.05) is 0 Å². The van der Waals surface area contributed by atoms with Crippen molar-refractivity contribution in [2.24, 2.45) is 23.7 Å². The summed E-state index contributed by atoms with van der Waals surface area (Å²) in [6, 6.07) is 0. The number of carbonyl (C=O) groups excluding carboxylic acids is 2. The van der Waals surface area contributed by atoms with Crippen LogP contribution in [-0.2, 0) is 23.8 Å². The molecule has 8 aliphatic rings. The zero-order valence-corrected chi connectivity index (χ0v) is 22.6. The molecule has 0 aromatic heterocycles. The smallest absolute Gasteiger partial charge is 0.333 e. The van der Waals surface area contributed by atoms with Crippen molar-refractivity contribution in [2.75, 3.05) is 13.2 Å². The molecule has 8 fully saturated rings. The van der Waals surface area contributed by atoms with Gasteiger partial charge in [0.05, 0.1) is 24.4 Å². The van der Waals surface area contributed by atoms with Crippen LogP contribution in [0.25, 0.3) is 0 Å². The Morgan fingerprint density at radius 2 is 1.14 bits per heavy atom. The van der Waals surface area contributed by atoms with Crippen molar-refractivity contribution in [3.63, 3.8) is 0 Å². The lowest BCUT2D eigenvalue weighted by Crippen LogP contribution is -2.61. The Hall–Kier alpha value is -1.70. The monoisotopic (exact) mass is 516 g/mol. The van der Waals surface area contributed by atoms with E-state index in [9.17, 15) is 14.7 Å². The van der Waals surface area contributed by atoms with Crippen LogP contribution in [-0.4, -0.2) is 57.8 Å². The van der Waals surface area contributed by atoms with Gasteiger partial charge in [0.15, 0.2) is 0 Å². The highest BCUT2D eigenvalue weighted by Crippen LogP contribution is 2.61. The second-order valence-corrected chi connectivity index (χ2v) is 13.6. The number of rotatable bonds is 7. The molecule has 8 aliphatic carbocycles. The van der Waals surface area contributed by atoms with E-state index in [4.69, 9.17) is 19.3 Å². The third-order valence-corrected chi connectivity index (χ3v) is 9.75. The van der Waals surface area contributed by atoms with E-state index in [0.717, 1.165) is 57.8 Å². The van der Waals surface area contributed by atoms with Crippen LogP contribution in [0, 0.1) is 23.7 Å². The molecule has 206 valence electrons. The quantitative estimate of drug-likeness (QED) is 0.382. The minimum Gasteiger partial charge on any atom is -0.456 e. The minimum absolute atomic E-state index is 0.0512. The summed E-state index contributed by atoms with van der Waals surface area (Å²) < 4.78 is 17.5. The average molecular weight is 517 g/mol. The molecule has 8 saturated carbocycles. The molecule has 7 nitrogen and oxygen atoms in total. The first-order chi connectivity index (χ1) is 17.4. The fourth-order valence-corrected chi connectivity index (χ4v) is 9.46. The van der Waals surface area contributed by atoms with E-state index in [1.165, 1.54) is 12.8 Å². The van der Waals surface area contributed by atoms with Crippen molar-refractivity contribution in [2.45, 2.75) is 113 Å². The van der Waals surface area contributed by atoms with Crippen LogP contribution >= 0.6 is 0 Å². The van der Waals surface area contributed by atoms with Gasteiger partial charge in [0.25, 0.3) is 0 Å². The fourth-order valence-electron chi connectivity index (χ4n) is 9.46. The predicted octanol–water partition coefficient (Wildman–Crippen LogP) is 4.40. The molecule has 0 aliphatic heterocycles. The molecule has 8 rings (SSSR count). The Bertz CT molecular complexity index is 939. The topological polar surface area (TPSA) is 102 Å². The Morgan fingerprint density at radius 1 is 0.730 bits per heavy atom. The normalized spacial score (nSPS) is 44.1. The van der Waals surface area contributed by atoms with E-state index in [1.54, 1.807) is 13.8 Å². The molecule has 7 heteroatoms. The Morgan fingerprint density at radius 3 is 1.54 bits per heavy atom. The van der Waals surface area contributed by atoms with Gasteiger partial charge in [-0.05, 0) is 102 Å². The molecule has 2 N–H and O–H groups in total. The van der Waals surface area contributed by atoms with Crippen LogP contribution < -0.4 is 0 Å². The number of hydrogen-bond acceptors (Lipinski definition) is 7. The number of esters is 2. The Balaban J connectivity index is 0.000000153. The van der Waals surface area contributed by atoms with Crippen molar-refractivity contribution in [1.29, 1.82) is 0 Å². The molecule has 0 aromatic carbocycles. The van der Waals surface area contributed by atoms with Crippen molar-refractivity contribution in [3.05, 3.63) is 24.3 Å². The molecular weight excluding hydrogens is 472 g/mol. The van der Waals surface area contributed by atoms with Gasteiger partial charge in [-0.3, -0.25) is 0 Å². The van der Waals surface area contributed by atoms with Gasteiger partial charge < -0.3 is 24.4 Å². The van der Waals surface area contributed by atoms with Gasteiger partial charge in [-0.25, -0.2) is 9.59 Å². The maximum atomic E-state index is 11.9. The van der Waals surface area contributed by atoms with Gasteiger partial charge in [0.1, 0.15) is 11.2 Å². The summed E-state index contributed by atoms with van der Waals surface area (Å²) >= 11 is 0. The summed E-state index contributed by atoms with van der Waals surface area (Å²) in [7, 11) is 0. The molecule has 0 radical (unpaired) electrons. The van der Waals surface area contributed by atoms with Crippen LogP contribution in [0.1, 0.15) is 90.9 Å². The summed E-state index contributed by atoms with van der Waals surface area (Å²) in [6.07, 6.45) is 11.6. The van der Waals surface area contributed by atoms with Crippen molar-refractivity contribution >= 4 is 11.9 Å². The molecule has 0 saturated heterocycles. The number of carbonyl (C=O) groups is 2. The van der Waals surface area contributed by atoms with Gasteiger partial charge in [0, 0.05) is 24.0 Å². The molecular formula is C30H44O7. The number of ether oxygens (including phenoxy) is 3. The zero-order chi connectivity index (χ0) is 26.6. The van der Waals surface area contributed by atoms with Crippen molar-refractivity contribution in [3.8, 4) is 0 Å². The molecule has 0 heterocycles.